The topological polar surface area (TPSA) is 38.7 Å². The molecular formula is C8H14O3. The van der Waals surface area contributed by atoms with Gasteiger partial charge in [-0.3, -0.25) is 0 Å². The van der Waals surface area contributed by atoms with E-state index >= 15 is 0 Å². The Balaban J connectivity index is 2.32. The minimum absolute atomic E-state index is 0.153. The molecule has 3 heteroatoms. The van der Waals surface area contributed by atoms with Gasteiger partial charge in [0.2, 0.25) is 0 Å². The van der Waals surface area contributed by atoms with Crippen LogP contribution < -0.4 is 0 Å². The van der Waals surface area contributed by atoms with Gasteiger partial charge in [0.15, 0.2) is 6.29 Å². The first-order valence-corrected chi connectivity index (χ1v) is 3.82. The van der Waals surface area contributed by atoms with Gasteiger partial charge in [-0.1, -0.05) is 6.08 Å². The highest BCUT2D eigenvalue weighted by Gasteiger charge is 2.14. The molecule has 0 fully saturated rings. The normalized spacial score (nSPS) is 31.3. The van der Waals surface area contributed by atoms with Crippen LogP contribution in [0.1, 0.15) is 13.8 Å². The van der Waals surface area contributed by atoms with Crippen LogP contribution in [-0.2, 0) is 9.47 Å². The molecule has 2 unspecified atom stereocenters. The molecule has 0 amide bonds. The molecule has 11 heavy (non-hydrogen) atoms. The molecule has 0 bridgehead atoms. The first-order chi connectivity index (χ1) is 5.18. The first-order valence-electron chi connectivity index (χ1n) is 3.82. The van der Waals surface area contributed by atoms with E-state index in [2.05, 4.69) is 0 Å². The largest absolute Gasteiger partial charge is 0.387 e. The summed E-state index contributed by atoms with van der Waals surface area (Å²) in [6.45, 7) is 4.22. The van der Waals surface area contributed by atoms with Crippen LogP contribution in [0, 0.1) is 0 Å². The molecule has 1 N–H and O–H groups in total. The molecule has 1 aliphatic rings. The van der Waals surface area contributed by atoms with Crippen LogP contribution in [0.4, 0.5) is 0 Å². The molecule has 0 saturated carbocycles. The van der Waals surface area contributed by atoms with Crippen LogP contribution >= 0.6 is 0 Å². The summed E-state index contributed by atoms with van der Waals surface area (Å²) in [4.78, 5) is 0. The van der Waals surface area contributed by atoms with Crippen LogP contribution in [0.3, 0.4) is 0 Å². The van der Waals surface area contributed by atoms with Crippen molar-refractivity contribution in [1.82, 2.24) is 0 Å². The summed E-state index contributed by atoms with van der Waals surface area (Å²) >= 11 is 0. The molecule has 1 rings (SSSR count). The van der Waals surface area contributed by atoms with Crippen molar-refractivity contribution < 1.29 is 14.6 Å². The van der Waals surface area contributed by atoms with Crippen molar-refractivity contribution >= 4 is 0 Å². The Morgan fingerprint density at radius 1 is 1.55 bits per heavy atom. The lowest BCUT2D eigenvalue weighted by Gasteiger charge is -2.22. The summed E-state index contributed by atoms with van der Waals surface area (Å²) in [7, 11) is 0. The highest BCUT2D eigenvalue weighted by molar-refractivity contribution is 4.95. The van der Waals surface area contributed by atoms with Crippen molar-refractivity contribution in [3.05, 3.63) is 12.2 Å². The number of aliphatic hydroxyl groups excluding tert-OH is 1. The zero-order valence-corrected chi connectivity index (χ0v) is 6.86. The fourth-order valence-electron chi connectivity index (χ4n) is 0.876. The average molecular weight is 158 g/mol. The van der Waals surface area contributed by atoms with E-state index in [9.17, 15) is 0 Å². The number of ether oxygens (including phenoxy) is 2. The smallest absolute Gasteiger partial charge is 0.177 e. The number of rotatable bonds is 2. The minimum atomic E-state index is -0.470. The predicted molar refractivity (Wildman–Crippen MR) is 41.1 cm³/mol. The maximum absolute atomic E-state index is 8.99. The molecule has 64 valence electrons. The molecule has 3 nitrogen and oxygen atoms in total. The average Bonchev–Trinajstić information content (AvgIpc) is 1.93. The van der Waals surface area contributed by atoms with Gasteiger partial charge >= 0.3 is 0 Å². The molecule has 0 aromatic heterocycles. The van der Waals surface area contributed by atoms with Crippen LogP contribution in [0.15, 0.2) is 12.2 Å². The third-order valence-corrected chi connectivity index (χ3v) is 1.33. The van der Waals surface area contributed by atoms with Crippen LogP contribution in [0.25, 0.3) is 0 Å². The second-order valence-electron chi connectivity index (χ2n) is 2.84. The fourth-order valence-corrected chi connectivity index (χ4v) is 0.876. The SMILES string of the molecule is CC(C)OC1C=CC(O)CO1. The molecule has 0 aromatic rings. The lowest BCUT2D eigenvalue weighted by molar-refractivity contribution is -0.151. The fraction of sp³-hybridized carbons (Fsp3) is 0.750. The summed E-state index contributed by atoms with van der Waals surface area (Å²) < 4.78 is 10.5. The number of hydrogen-bond acceptors (Lipinski definition) is 3. The van der Waals surface area contributed by atoms with Crippen molar-refractivity contribution in [2.24, 2.45) is 0 Å². The summed E-state index contributed by atoms with van der Waals surface area (Å²) in [6, 6.07) is 0. The maximum atomic E-state index is 8.99. The quantitative estimate of drug-likeness (QED) is 0.601. The van der Waals surface area contributed by atoms with Crippen molar-refractivity contribution in [1.29, 1.82) is 0 Å². The van der Waals surface area contributed by atoms with E-state index in [1.165, 1.54) is 0 Å². The zero-order valence-electron chi connectivity index (χ0n) is 6.86. The van der Waals surface area contributed by atoms with Gasteiger partial charge in [-0.25, -0.2) is 0 Å². The van der Waals surface area contributed by atoms with Gasteiger partial charge in [-0.2, -0.15) is 0 Å². The predicted octanol–water partition coefficient (Wildman–Crippen LogP) is 0.685. The first kappa shape index (κ1) is 8.71. The van der Waals surface area contributed by atoms with Crippen molar-refractivity contribution in [2.75, 3.05) is 6.61 Å². The van der Waals surface area contributed by atoms with Crippen molar-refractivity contribution in [3.63, 3.8) is 0 Å². The molecule has 0 spiro atoms. The van der Waals surface area contributed by atoms with E-state index in [-0.39, 0.29) is 12.4 Å². The van der Waals surface area contributed by atoms with E-state index < -0.39 is 6.10 Å². The number of aliphatic hydroxyl groups is 1. The van der Waals surface area contributed by atoms with Gasteiger partial charge in [-0.15, -0.1) is 0 Å². The molecule has 0 radical (unpaired) electrons. The molecular weight excluding hydrogens is 144 g/mol. The number of hydrogen-bond donors (Lipinski definition) is 1. The van der Waals surface area contributed by atoms with Gasteiger partial charge in [0.05, 0.1) is 18.8 Å². The highest BCUT2D eigenvalue weighted by Crippen LogP contribution is 2.08. The Kier molecular flexibility index (Phi) is 3.05. The lowest BCUT2D eigenvalue weighted by Crippen LogP contribution is -2.28. The van der Waals surface area contributed by atoms with E-state index in [0.717, 1.165) is 0 Å². The third-order valence-electron chi connectivity index (χ3n) is 1.33. The van der Waals surface area contributed by atoms with Crippen LogP contribution in [0.2, 0.25) is 0 Å². The second-order valence-corrected chi connectivity index (χ2v) is 2.84. The Morgan fingerprint density at radius 2 is 2.27 bits per heavy atom. The lowest BCUT2D eigenvalue weighted by atomic mass is 10.3. The van der Waals surface area contributed by atoms with Gasteiger partial charge in [-0.05, 0) is 19.9 Å². The van der Waals surface area contributed by atoms with Crippen LogP contribution in [0.5, 0.6) is 0 Å². The van der Waals surface area contributed by atoms with E-state index in [4.69, 9.17) is 14.6 Å². The summed E-state index contributed by atoms with van der Waals surface area (Å²) in [5.74, 6) is 0. The van der Waals surface area contributed by atoms with Crippen molar-refractivity contribution in [3.8, 4) is 0 Å². The van der Waals surface area contributed by atoms with Gasteiger partial charge < -0.3 is 14.6 Å². The molecule has 1 heterocycles. The molecule has 1 aliphatic heterocycles. The summed E-state index contributed by atoms with van der Waals surface area (Å²) in [5.41, 5.74) is 0. The minimum Gasteiger partial charge on any atom is -0.387 e. The Morgan fingerprint density at radius 3 is 2.73 bits per heavy atom. The highest BCUT2D eigenvalue weighted by atomic mass is 16.7. The van der Waals surface area contributed by atoms with E-state index in [1.807, 2.05) is 13.8 Å². The van der Waals surface area contributed by atoms with Crippen LogP contribution in [-0.4, -0.2) is 30.2 Å². The standard InChI is InChI=1S/C8H14O3/c1-6(2)11-8-4-3-7(9)5-10-8/h3-4,6-9H,5H2,1-2H3. The van der Waals surface area contributed by atoms with Crippen molar-refractivity contribution in [2.45, 2.75) is 32.3 Å². The second kappa shape index (κ2) is 3.85. The monoisotopic (exact) mass is 158 g/mol. The molecule has 0 saturated heterocycles. The van der Waals surface area contributed by atoms with Gasteiger partial charge in [0.1, 0.15) is 0 Å². The van der Waals surface area contributed by atoms with E-state index in [0.29, 0.717) is 6.61 Å². The Hall–Kier alpha value is -0.380. The summed E-state index contributed by atoms with van der Waals surface area (Å²) in [5, 5.41) is 8.99. The summed E-state index contributed by atoms with van der Waals surface area (Å²) in [6.07, 6.45) is 2.82. The Bertz CT molecular complexity index is 142. The Labute approximate surface area is 66.6 Å². The molecule has 2 atom stereocenters. The maximum Gasteiger partial charge on any atom is 0.177 e. The third kappa shape index (κ3) is 3.01. The zero-order chi connectivity index (χ0) is 8.27. The van der Waals surface area contributed by atoms with Gasteiger partial charge in [0.25, 0.3) is 0 Å². The molecule has 0 aromatic carbocycles. The van der Waals surface area contributed by atoms with E-state index in [1.54, 1.807) is 12.2 Å². The van der Waals surface area contributed by atoms with Gasteiger partial charge in [0, 0.05) is 0 Å². The molecule has 0 aliphatic carbocycles.